The highest BCUT2D eigenvalue weighted by Gasteiger charge is 2.17. The Kier molecular flexibility index (Phi) is 3.83. The van der Waals surface area contributed by atoms with E-state index in [1.165, 1.54) is 0 Å². The van der Waals surface area contributed by atoms with Crippen molar-refractivity contribution in [3.05, 3.63) is 0 Å². The van der Waals surface area contributed by atoms with E-state index in [-0.39, 0.29) is 0 Å². The molecule has 0 unspecified atom stereocenters. The number of morpholine rings is 1. The van der Waals surface area contributed by atoms with Crippen LogP contribution < -0.4 is 5.73 Å². The van der Waals surface area contributed by atoms with E-state index in [2.05, 4.69) is 11.8 Å². The molecule has 1 saturated heterocycles. The Morgan fingerprint density at radius 3 is 2.55 bits per heavy atom. The van der Waals surface area contributed by atoms with Crippen molar-refractivity contribution in [2.75, 3.05) is 32.8 Å². The van der Waals surface area contributed by atoms with E-state index in [9.17, 15) is 0 Å². The molecule has 3 heteroatoms. The van der Waals surface area contributed by atoms with Gasteiger partial charge in [-0.15, -0.1) is 0 Å². The number of rotatable bonds is 3. The highest BCUT2D eigenvalue weighted by molar-refractivity contribution is 4.72. The predicted octanol–water partition coefficient (Wildman–Crippen LogP) is 0.0559. The van der Waals surface area contributed by atoms with Crippen LogP contribution in [0.5, 0.6) is 0 Å². The van der Waals surface area contributed by atoms with Crippen molar-refractivity contribution in [2.24, 2.45) is 5.73 Å². The number of hydrogen-bond acceptors (Lipinski definition) is 3. The second-order valence-electron chi connectivity index (χ2n) is 2.95. The maximum Gasteiger partial charge on any atom is 0.0594 e. The van der Waals surface area contributed by atoms with Crippen LogP contribution in [0.2, 0.25) is 0 Å². The summed E-state index contributed by atoms with van der Waals surface area (Å²) in [6, 6.07) is 0.568. The van der Waals surface area contributed by atoms with Crippen LogP contribution >= 0.6 is 0 Å². The van der Waals surface area contributed by atoms with Gasteiger partial charge in [0.25, 0.3) is 0 Å². The molecule has 0 bridgehead atoms. The van der Waals surface area contributed by atoms with E-state index in [1.54, 1.807) is 0 Å². The molecule has 1 heterocycles. The Bertz CT molecular complexity index is 98.3. The van der Waals surface area contributed by atoms with E-state index >= 15 is 0 Å². The Hall–Kier alpha value is -0.120. The zero-order valence-electron chi connectivity index (χ0n) is 7.25. The monoisotopic (exact) mass is 158 g/mol. The summed E-state index contributed by atoms with van der Waals surface area (Å²) in [4.78, 5) is 2.42. The van der Waals surface area contributed by atoms with Gasteiger partial charge in [-0.2, -0.15) is 0 Å². The van der Waals surface area contributed by atoms with E-state index in [0.717, 1.165) is 39.3 Å². The minimum atomic E-state index is 0.568. The van der Waals surface area contributed by atoms with E-state index in [4.69, 9.17) is 10.5 Å². The van der Waals surface area contributed by atoms with Crippen molar-refractivity contribution in [1.82, 2.24) is 4.90 Å². The lowest BCUT2D eigenvalue weighted by Gasteiger charge is -2.33. The second kappa shape index (κ2) is 4.70. The molecule has 0 saturated carbocycles. The molecular weight excluding hydrogens is 140 g/mol. The molecule has 0 radical (unpaired) electrons. The average Bonchev–Trinajstić information content (AvgIpc) is 2.09. The van der Waals surface area contributed by atoms with Crippen LogP contribution in [0.1, 0.15) is 13.3 Å². The molecule has 0 aromatic rings. The molecule has 2 N–H and O–H groups in total. The molecule has 0 amide bonds. The lowest BCUT2D eigenvalue weighted by atomic mass is 10.2. The number of nitrogens with zero attached hydrogens (tertiary/aromatic N) is 1. The predicted molar refractivity (Wildman–Crippen MR) is 45.5 cm³/mol. The molecule has 66 valence electrons. The number of hydrogen-bond donors (Lipinski definition) is 1. The minimum absolute atomic E-state index is 0.568. The van der Waals surface area contributed by atoms with Crippen LogP contribution in [-0.4, -0.2) is 43.8 Å². The standard InChI is InChI=1S/C8H18N2O/c1-2-8(7-9)10-3-5-11-6-4-10/h8H,2-7,9H2,1H3/t8-/m0/s1. The molecular formula is C8H18N2O. The summed E-state index contributed by atoms with van der Waals surface area (Å²) in [6.07, 6.45) is 1.15. The highest BCUT2D eigenvalue weighted by atomic mass is 16.5. The van der Waals surface area contributed by atoms with Gasteiger partial charge in [0, 0.05) is 25.7 Å². The van der Waals surface area contributed by atoms with Gasteiger partial charge < -0.3 is 10.5 Å². The van der Waals surface area contributed by atoms with Gasteiger partial charge in [-0.1, -0.05) is 6.92 Å². The normalized spacial score (nSPS) is 23.5. The fourth-order valence-electron chi connectivity index (χ4n) is 1.52. The molecule has 1 rings (SSSR count). The number of ether oxygens (including phenoxy) is 1. The SMILES string of the molecule is CC[C@@H](CN)N1CCOCC1. The topological polar surface area (TPSA) is 38.5 Å². The lowest BCUT2D eigenvalue weighted by Crippen LogP contribution is -2.46. The van der Waals surface area contributed by atoms with Crippen molar-refractivity contribution in [3.63, 3.8) is 0 Å². The van der Waals surface area contributed by atoms with Crippen molar-refractivity contribution in [1.29, 1.82) is 0 Å². The Labute approximate surface area is 68.5 Å². The van der Waals surface area contributed by atoms with E-state index < -0.39 is 0 Å². The van der Waals surface area contributed by atoms with Crippen molar-refractivity contribution < 1.29 is 4.74 Å². The lowest BCUT2D eigenvalue weighted by molar-refractivity contribution is 0.0176. The summed E-state index contributed by atoms with van der Waals surface area (Å²) < 4.78 is 5.26. The summed E-state index contributed by atoms with van der Waals surface area (Å²) in [6.45, 7) is 6.81. The van der Waals surface area contributed by atoms with Crippen molar-refractivity contribution in [3.8, 4) is 0 Å². The maximum atomic E-state index is 5.63. The Morgan fingerprint density at radius 1 is 1.45 bits per heavy atom. The van der Waals surface area contributed by atoms with Gasteiger partial charge in [0.2, 0.25) is 0 Å². The molecule has 1 aliphatic heterocycles. The Morgan fingerprint density at radius 2 is 2.09 bits per heavy atom. The zero-order chi connectivity index (χ0) is 8.10. The Balaban J connectivity index is 2.30. The third-order valence-electron chi connectivity index (χ3n) is 2.31. The van der Waals surface area contributed by atoms with Crippen LogP contribution in [0.15, 0.2) is 0 Å². The fourth-order valence-corrected chi connectivity index (χ4v) is 1.52. The summed E-state index contributed by atoms with van der Waals surface area (Å²) in [5.41, 5.74) is 5.63. The van der Waals surface area contributed by atoms with Gasteiger partial charge in [-0.05, 0) is 6.42 Å². The van der Waals surface area contributed by atoms with Crippen LogP contribution in [0.4, 0.5) is 0 Å². The van der Waals surface area contributed by atoms with Crippen molar-refractivity contribution >= 4 is 0 Å². The first-order valence-electron chi connectivity index (χ1n) is 4.40. The van der Waals surface area contributed by atoms with Crippen LogP contribution in [-0.2, 0) is 4.74 Å². The summed E-state index contributed by atoms with van der Waals surface area (Å²) in [5, 5.41) is 0. The maximum absolute atomic E-state index is 5.63. The molecule has 3 nitrogen and oxygen atoms in total. The molecule has 11 heavy (non-hydrogen) atoms. The second-order valence-corrected chi connectivity index (χ2v) is 2.95. The molecule has 0 aromatic heterocycles. The highest BCUT2D eigenvalue weighted by Crippen LogP contribution is 2.05. The van der Waals surface area contributed by atoms with Gasteiger partial charge in [0.1, 0.15) is 0 Å². The summed E-state index contributed by atoms with van der Waals surface area (Å²) >= 11 is 0. The average molecular weight is 158 g/mol. The van der Waals surface area contributed by atoms with Gasteiger partial charge in [-0.3, -0.25) is 4.90 Å². The van der Waals surface area contributed by atoms with Crippen LogP contribution in [0, 0.1) is 0 Å². The molecule has 1 fully saturated rings. The first kappa shape index (κ1) is 8.97. The van der Waals surface area contributed by atoms with E-state index in [0.29, 0.717) is 6.04 Å². The molecule has 0 aromatic carbocycles. The van der Waals surface area contributed by atoms with Gasteiger partial charge in [-0.25, -0.2) is 0 Å². The molecule has 0 spiro atoms. The molecule has 1 aliphatic rings. The minimum Gasteiger partial charge on any atom is -0.379 e. The van der Waals surface area contributed by atoms with Crippen LogP contribution in [0.3, 0.4) is 0 Å². The van der Waals surface area contributed by atoms with Gasteiger partial charge in [0.15, 0.2) is 0 Å². The van der Waals surface area contributed by atoms with E-state index in [1.807, 2.05) is 0 Å². The van der Waals surface area contributed by atoms with Crippen LogP contribution in [0.25, 0.3) is 0 Å². The number of nitrogens with two attached hydrogens (primary N) is 1. The van der Waals surface area contributed by atoms with Gasteiger partial charge >= 0.3 is 0 Å². The first-order valence-corrected chi connectivity index (χ1v) is 4.40. The quantitative estimate of drug-likeness (QED) is 0.631. The zero-order valence-corrected chi connectivity index (χ0v) is 7.25. The van der Waals surface area contributed by atoms with Gasteiger partial charge in [0.05, 0.1) is 13.2 Å². The molecule has 0 aliphatic carbocycles. The molecule has 1 atom stereocenters. The largest absolute Gasteiger partial charge is 0.379 e. The summed E-state index contributed by atoms with van der Waals surface area (Å²) in [7, 11) is 0. The summed E-state index contributed by atoms with van der Waals surface area (Å²) in [5.74, 6) is 0. The first-order chi connectivity index (χ1) is 5.38. The third-order valence-corrected chi connectivity index (χ3v) is 2.31. The third kappa shape index (κ3) is 2.43. The fraction of sp³-hybridized carbons (Fsp3) is 1.00. The van der Waals surface area contributed by atoms with Crippen molar-refractivity contribution in [2.45, 2.75) is 19.4 Å². The smallest absolute Gasteiger partial charge is 0.0594 e.